The van der Waals surface area contributed by atoms with Crippen LogP contribution >= 0.6 is 0 Å². The van der Waals surface area contributed by atoms with Gasteiger partial charge in [0, 0.05) is 6.10 Å². The van der Waals surface area contributed by atoms with E-state index in [4.69, 9.17) is 4.74 Å². The van der Waals surface area contributed by atoms with E-state index >= 15 is 0 Å². The second-order valence-corrected chi connectivity index (χ2v) is 3.06. The Kier molecular flexibility index (Phi) is 12.1. The molecule has 1 nitrogen and oxygen atoms in total. The Morgan fingerprint density at radius 3 is 2.44 bits per heavy atom. The number of hydrogen-bond donors (Lipinski definition) is 0. The van der Waals surface area contributed by atoms with Gasteiger partial charge in [-0.2, -0.15) is 18.2 Å². The number of halogens is 2. The third-order valence-corrected chi connectivity index (χ3v) is 2.00. The normalized spacial score (nSPS) is 21.5. The summed E-state index contributed by atoms with van der Waals surface area (Å²) in [6.45, 7) is 0. The molecule has 0 saturated carbocycles. The van der Waals surface area contributed by atoms with Crippen molar-refractivity contribution in [3.05, 3.63) is 54.7 Å². The minimum absolute atomic E-state index is 0. The van der Waals surface area contributed by atoms with Crippen molar-refractivity contribution < 1.29 is 55.4 Å². The molecular formula is C12H12Cl2HfO. The molecule has 0 aromatic heterocycles. The van der Waals surface area contributed by atoms with Gasteiger partial charge in [0.05, 0.1) is 0 Å². The molecule has 3 aliphatic rings. The minimum Gasteiger partial charge on any atom is -1.00 e. The molecule has 3 rings (SSSR count). The van der Waals surface area contributed by atoms with Gasteiger partial charge >= 0.3 is 25.8 Å². The van der Waals surface area contributed by atoms with Crippen molar-refractivity contribution in [2.24, 2.45) is 0 Å². The van der Waals surface area contributed by atoms with E-state index in [1.807, 2.05) is 24.3 Å². The monoisotopic (exact) mass is 422 g/mol. The third kappa shape index (κ3) is 6.09. The molecule has 2 aliphatic heterocycles. The molecule has 0 amide bonds. The maximum Gasteiger partial charge on any atom is 4.00 e. The van der Waals surface area contributed by atoms with Gasteiger partial charge in [0.25, 0.3) is 0 Å². The Hall–Kier alpha value is 0.240. The summed E-state index contributed by atoms with van der Waals surface area (Å²) in [7, 11) is 0. The molecule has 1 atom stereocenters. The molecule has 4 heteroatoms. The van der Waals surface area contributed by atoms with Crippen LogP contribution in [0, 0.1) is 12.2 Å². The minimum atomic E-state index is 0. The van der Waals surface area contributed by atoms with E-state index in [0.717, 1.165) is 18.9 Å². The summed E-state index contributed by atoms with van der Waals surface area (Å²) in [5, 5.41) is 0. The molecule has 0 aromatic carbocycles. The van der Waals surface area contributed by atoms with Crippen LogP contribution in [0.2, 0.25) is 0 Å². The van der Waals surface area contributed by atoms with Crippen molar-refractivity contribution in [3.63, 3.8) is 0 Å². The maximum atomic E-state index is 5.32. The zero-order chi connectivity index (χ0) is 8.93. The molecular weight excluding hydrogens is 410 g/mol. The average Bonchev–Trinajstić information content (AvgIpc) is 2.80. The van der Waals surface area contributed by atoms with E-state index in [1.165, 1.54) is 0 Å². The summed E-state index contributed by atoms with van der Waals surface area (Å²) in [4.78, 5) is 0. The van der Waals surface area contributed by atoms with Crippen molar-refractivity contribution in [2.75, 3.05) is 0 Å². The molecule has 0 N–H and O–H groups in total. The van der Waals surface area contributed by atoms with Crippen LogP contribution < -0.4 is 24.8 Å². The first-order chi connectivity index (χ1) is 6.45. The van der Waals surface area contributed by atoms with Crippen LogP contribution in [0.5, 0.6) is 0 Å². The van der Waals surface area contributed by atoms with Crippen molar-refractivity contribution >= 4 is 0 Å². The van der Waals surface area contributed by atoms with Gasteiger partial charge in [-0.15, -0.1) is 18.6 Å². The van der Waals surface area contributed by atoms with E-state index in [-0.39, 0.29) is 50.7 Å². The third-order valence-electron chi connectivity index (χ3n) is 2.00. The SMILES string of the molecule is C1=C[C-]2C=CC(C1)O2.[C-]1=CC=CC1.[Cl-].[Cl-].[Hf+4]. The predicted octanol–water partition coefficient (Wildman–Crippen LogP) is -3.26. The average molecular weight is 422 g/mol. The van der Waals surface area contributed by atoms with Gasteiger partial charge in [0.2, 0.25) is 0 Å². The van der Waals surface area contributed by atoms with Crippen molar-refractivity contribution in [1.29, 1.82) is 0 Å². The van der Waals surface area contributed by atoms with Crippen LogP contribution in [0.4, 0.5) is 0 Å². The molecule has 2 bridgehead atoms. The van der Waals surface area contributed by atoms with Gasteiger partial charge in [0.15, 0.2) is 0 Å². The van der Waals surface area contributed by atoms with Crippen LogP contribution in [0.1, 0.15) is 12.8 Å². The Bertz CT molecular complexity index is 273. The van der Waals surface area contributed by atoms with E-state index in [9.17, 15) is 0 Å². The summed E-state index contributed by atoms with van der Waals surface area (Å²) in [6, 6.07) is 0. The number of allylic oxidation sites excluding steroid dienone is 4. The number of hydrogen-bond acceptors (Lipinski definition) is 1. The largest absolute Gasteiger partial charge is 4.00 e. The first kappa shape index (κ1) is 18.6. The molecule has 1 aliphatic carbocycles. The fourth-order valence-corrected chi connectivity index (χ4v) is 1.34. The zero-order valence-electron chi connectivity index (χ0n) is 8.70. The Morgan fingerprint density at radius 2 is 2.00 bits per heavy atom. The number of fused-ring (bicyclic) bond motifs is 2. The first-order valence-electron chi connectivity index (χ1n) is 4.55. The van der Waals surface area contributed by atoms with Crippen LogP contribution in [-0.2, 0) is 30.6 Å². The first-order valence-corrected chi connectivity index (χ1v) is 4.55. The van der Waals surface area contributed by atoms with Crippen LogP contribution in [0.15, 0.2) is 42.5 Å². The molecule has 2 heterocycles. The summed E-state index contributed by atoms with van der Waals surface area (Å²) >= 11 is 0. The molecule has 0 spiro atoms. The van der Waals surface area contributed by atoms with E-state index in [1.54, 1.807) is 0 Å². The summed E-state index contributed by atoms with van der Waals surface area (Å²) < 4.78 is 5.32. The molecule has 16 heavy (non-hydrogen) atoms. The number of ether oxygens (including phenoxy) is 1. The Balaban J connectivity index is 0. The van der Waals surface area contributed by atoms with Gasteiger partial charge in [-0.05, 0) is 6.10 Å². The predicted molar refractivity (Wildman–Crippen MR) is 52.6 cm³/mol. The second-order valence-electron chi connectivity index (χ2n) is 3.06. The van der Waals surface area contributed by atoms with Crippen molar-refractivity contribution in [2.45, 2.75) is 18.9 Å². The fourth-order valence-electron chi connectivity index (χ4n) is 1.34. The summed E-state index contributed by atoms with van der Waals surface area (Å²) in [5.41, 5.74) is 0. The zero-order valence-corrected chi connectivity index (χ0v) is 13.8. The maximum absolute atomic E-state index is 5.32. The van der Waals surface area contributed by atoms with Gasteiger partial charge in [-0.1, -0.05) is 6.42 Å². The second kappa shape index (κ2) is 10.4. The Morgan fingerprint density at radius 1 is 1.19 bits per heavy atom. The molecule has 0 saturated heterocycles. The van der Waals surface area contributed by atoms with E-state index < -0.39 is 0 Å². The molecule has 0 radical (unpaired) electrons. The Labute approximate surface area is 128 Å². The standard InChI is InChI=1S/C7H7O.C5H5.2ClH.Hf/c1-2-6-4-5-7(3-1)8-6;1-2-4-5-3-1;;;/h1-2,4-5,7H,3H2;1-3H,4H2;2*1H;/q2*-1;;;+4/p-2. The van der Waals surface area contributed by atoms with E-state index in [2.05, 4.69) is 24.3 Å². The molecule has 84 valence electrons. The van der Waals surface area contributed by atoms with Gasteiger partial charge in [-0.3, -0.25) is 6.08 Å². The van der Waals surface area contributed by atoms with Crippen molar-refractivity contribution in [1.82, 2.24) is 0 Å². The molecule has 0 fully saturated rings. The molecule has 0 aromatic rings. The van der Waals surface area contributed by atoms with Gasteiger partial charge < -0.3 is 29.6 Å². The molecule has 1 unspecified atom stereocenters. The van der Waals surface area contributed by atoms with Crippen LogP contribution in [0.25, 0.3) is 0 Å². The van der Waals surface area contributed by atoms with Gasteiger partial charge in [-0.25, -0.2) is 12.2 Å². The van der Waals surface area contributed by atoms with Crippen LogP contribution in [0.3, 0.4) is 0 Å². The fraction of sp³-hybridized carbons (Fsp3) is 0.250. The topological polar surface area (TPSA) is 9.23 Å². The summed E-state index contributed by atoms with van der Waals surface area (Å²) in [6.07, 6.45) is 20.7. The van der Waals surface area contributed by atoms with Gasteiger partial charge in [0.1, 0.15) is 0 Å². The van der Waals surface area contributed by atoms with Crippen LogP contribution in [-0.4, -0.2) is 6.10 Å². The number of rotatable bonds is 0. The van der Waals surface area contributed by atoms with Crippen molar-refractivity contribution in [3.8, 4) is 0 Å². The summed E-state index contributed by atoms with van der Waals surface area (Å²) in [5.74, 6) is 0. The smallest absolute Gasteiger partial charge is 1.00 e. The van der Waals surface area contributed by atoms with E-state index in [0.29, 0.717) is 6.10 Å². The quantitative estimate of drug-likeness (QED) is 0.295.